The molecular weight excluding hydrogens is 370 g/mol. The van der Waals surface area contributed by atoms with Crippen molar-refractivity contribution in [2.24, 2.45) is 10.7 Å². The molecule has 0 aliphatic rings. The van der Waals surface area contributed by atoms with Gasteiger partial charge < -0.3 is 11.1 Å². The van der Waals surface area contributed by atoms with Gasteiger partial charge in [-0.05, 0) is 32.0 Å². The van der Waals surface area contributed by atoms with E-state index in [4.69, 9.17) is 5.73 Å². The lowest BCUT2D eigenvalue weighted by molar-refractivity contribution is 0.582. The summed E-state index contributed by atoms with van der Waals surface area (Å²) in [6.45, 7) is 3.63. The molecule has 0 saturated heterocycles. The average molecular weight is 388 g/mol. The molecule has 0 radical (unpaired) electrons. The van der Waals surface area contributed by atoms with Gasteiger partial charge in [-0.1, -0.05) is 0 Å². The first-order valence-electron chi connectivity index (χ1n) is 7.28. The van der Waals surface area contributed by atoms with Gasteiger partial charge in [0, 0.05) is 22.4 Å². The van der Waals surface area contributed by atoms with Gasteiger partial charge in [-0.2, -0.15) is 0 Å². The number of nitrogens with zero attached hydrogens (tertiary/aromatic N) is 1. The Morgan fingerprint density at radius 1 is 1.28 bits per heavy atom. The van der Waals surface area contributed by atoms with Crippen LogP contribution < -0.4 is 15.8 Å². The average Bonchev–Trinajstić information content (AvgIpc) is 2.87. The number of hydrogen-bond acceptors (Lipinski definition) is 4. The minimum Gasteiger partial charge on any atom is -0.370 e. The van der Waals surface area contributed by atoms with Crippen LogP contribution in [0.15, 0.2) is 34.2 Å². The van der Waals surface area contributed by atoms with Crippen molar-refractivity contribution in [2.45, 2.75) is 18.7 Å². The Balaban J connectivity index is 1.92. The minimum atomic E-state index is -3.62. The van der Waals surface area contributed by atoms with Crippen molar-refractivity contribution in [1.82, 2.24) is 4.72 Å². The van der Waals surface area contributed by atoms with E-state index < -0.39 is 21.7 Å². The summed E-state index contributed by atoms with van der Waals surface area (Å²) in [7, 11) is -3.62. The fraction of sp³-hybridized carbons (Fsp3) is 0.267. The van der Waals surface area contributed by atoms with E-state index >= 15 is 0 Å². The highest BCUT2D eigenvalue weighted by Gasteiger charge is 2.18. The largest absolute Gasteiger partial charge is 0.370 e. The third-order valence-electron chi connectivity index (χ3n) is 3.16. The summed E-state index contributed by atoms with van der Waals surface area (Å²) >= 11 is 1.40. The summed E-state index contributed by atoms with van der Waals surface area (Å²) < 4.78 is 53.3. The van der Waals surface area contributed by atoms with E-state index in [-0.39, 0.29) is 29.6 Å². The number of hydrogen-bond donors (Lipinski definition) is 3. The van der Waals surface area contributed by atoms with Crippen molar-refractivity contribution in [3.63, 3.8) is 0 Å². The topological polar surface area (TPSA) is 96.6 Å². The second-order valence-electron chi connectivity index (χ2n) is 5.19. The number of nitrogens with one attached hydrogen (secondary N) is 2. The molecule has 0 atom stereocenters. The zero-order chi connectivity index (χ0) is 18.6. The number of aliphatic imine (C=N–C) groups is 1. The standard InChI is InChI=1S/C15H18F2N4O2S2/c1-9-7-14(10(2)24-9)25(22,23)20-6-5-19-15(18)21-13-8-11(16)3-4-12(13)17/h3-4,7-8,20H,5-6H2,1-2H3,(H3,18,19,21). The molecule has 1 aromatic heterocycles. The lowest BCUT2D eigenvalue weighted by Crippen LogP contribution is -2.29. The maximum atomic E-state index is 13.5. The third kappa shape index (κ3) is 5.21. The number of sulfonamides is 1. The smallest absolute Gasteiger partial charge is 0.241 e. The summed E-state index contributed by atoms with van der Waals surface area (Å²) in [6, 6.07) is 4.50. The summed E-state index contributed by atoms with van der Waals surface area (Å²) in [4.78, 5) is 5.74. The zero-order valence-corrected chi connectivity index (χ0v) is 15.3. The Hall–Kier alpha value is -2.04. The quantitative estimate of drug-likeness (QED) is 0.402. The predicted octanol–water partition coefficient (Wildman–Crippen LogP) is 2.35. The lowest BCUT2D eigenvalue weighted by atomic mass is 10.3. The van der Waals surface area contributed by atoms with Crippen molar-refractivity contribution in [3.8, 4) is 0 Å². The van der Waals surface area contributed by atoms with Crippen LogP contribution in [-0.2, 0) is 10.0 Å². The van der Waals surface area contributed by atoms with Gasteiger partial charge in [-0.3, -0.25) is 4.99 Å². The van der Waals surface area contributed by atoms with Crippen LogP contribution in [0.1, 0.15) is 9.75 Å². The maximum absolute atomic E-state index is 13.5. The number of guanidine groups is 1. The van der Waals surface area contributed by atoms with Gasteiger partial charge >= 0.3 is 0 Å². The first-order chi connectivity index (χ1) is 11.7. The van der Waals surface area contributed by atoms with Crippen LogP contribution in [0.5, 0.6) is 0 Å². The fourth-order valence-corrected chi connectivity index (χ4v) is 4.65. The molecule has 4 N–H and O–H groups in total. The van der Waals surface area contributed by atoms with Crippen LogP contribution in [0, 0.1) is 25.5 Å². The first-order valence-corrected chi connectivity index (χ1v) is 9.57. The Kier molecular flexibility index (Phi) is 6.09. The molecular formula is C15H18F2N4O2S2. The van der Waals surface area contributed by atoms with Gasteiger partial charge in [0.05, 0.1) is 17.1 Å². The van der Waals surface area contributed by atoms with Crippen molar-refractivity contribution in [2.75, 3.05) is 18.4 Å². The molecule has 2 rings (SSSR count). The second-order valence-corrected chi connectivity index (χ2v) is 8.39. The summed E-state index contributed by atoms with van der Waals surface area (Å²) in [5.74, 6) is -1.44. The van der Waals surface area contributed by atoms with Crippen LogP contribution in [0.25, 0.3) is 0 Å². The number of aryl methyl sites for hydroxylation is 2. The van der Waals surface area contributed by atoms with E-state index in [0.717, 1.165) is 23.1 Å². The molecule has 10 heteroatoms. The minimum absolute atomic E-state index is 0.0185. The van der Waals surface area contributed by atoms with Crippen LogP contribution in [0.2, 0.25) is 0 Å². The van der Waals surface area contributed by atoms with Gasteiger partial charge in [0.2, 0.25) is 10.0 Å². The Bertz CT molecular complexity index is 895. The Labute approximate surface area is 148 Å². The van der Waals surface area contributed by atoms with Gasteiger partial charge in [0.15, 0.2) is 5.96 Å². The summed E-state index contributed by atoms with van der Waals surface area (Å²) in [5.41, 5.74) is 5.44. The second kappa shape index (κ2) is 7.89. The van der Waals surface area contributed by atoms with Crippen LogP contribution in [-0.4, -0.2) is 27.5 Å². The van der Waals surface area contributed by atoms with Crippen molar-refractivity contribution >= 4 is 33.0 Å². The van der Waals surface area contributed by atoms with Crippen molar-refractivity contribution in [3.05, 3.63) is 45.7 Å². The Morgan fingerprint density at radius 3 is 2.64 bits per heavy atom. The van der Waals surface area contributed by atoms with Crippen LogP contribution in [0.3, 0.4) is 0 Å². The molecule has 0 amide bonds. The Morgan fingerprint density at radius 2 is 2.00 bits per heavy atom. The molecule has 0 aliphatic carbocycles. The van der Waals surface area contributed by atoms with Crippen molar-refractivity contribution in [1.29, 1.82) is 0 Å². The highest BCUT2D eigenvalue weighted by Crippen LogP contribution is 2.24. The highest BCUT2D eigenvalue weighted by atomic mass is 32.2. The molecule has 1 aromatic carbocycles. The van der Waals surface area contributed by atoms with E-state index in [9.17, 15) is 17.2 Å². The zero-order valence-electron chi connectivity index (χ0n) is 13.6. The SMILES string of the molecule is Cc1cc(S(=O)(=O)NCCN=C(N)Nc2cc(F)ccc2F)c(C)s1. The molecule has 2 aromatic rings. The van der Waals surface area contributed by atoms with E-state index in [1.54, 1.807) is 13.0 Å². The molecule has 136 valence electrons. The van der Waals surface area contributed by atoms with E-state index in [2.05, 4.69) is 15.0 Å². The number of benzene rings is 1. The number of thiophene rings is 1. The van der Waals surface area contributed by atoms with Gasteiger partial charge in [0.1, 0.15) is 11.6 Å². The molecule has 0 fully saturated rings. The van der Waals surface area contributed by atoms with Gasteiger partial charge in [-0.15, -0.1) is 11.3 Å². The third-order valence-corrected chi connectivity index (χ3v) is 5.84. The number of halogens is 2. The number of anilines is 1. The van der Waals surface area contributed by atoms with Gasteiger partial charge in [-0.25, -0.2) is 21.9 Å². The number of rotatable bonds is 6. The number of nitrogens with two attached hydrogens (primary N) is 1. The normalized spacial score (nSPS) is 12.4. The van der Waals surface area contributed by atoms with Gasteiger partial charge in [0.25, 0.3) is 0 Å². The highest BCUT2D eigenvalue weighted by molar-refractivity contribution is 7.89. The van der Waals surface area contributed by atoms with Crippen LogP contribution in [0.4, 0.5) is 14.5 Å². The molecule has 0 spiro atoms. The molecule has 0 aliphatic heterocycles. The molecule has 0 unspecified atom stereocenters. The molecule has 0 saturated carbocycles. The summed E-state index contributed by atoms with van der Waals surface area (Å²) in [6.07, 6.45) is 0. The molecule has 6 nitrogen and oxygen atoms in total. The maximum Gasteiger partial charge on any atom is 0.241 e. The van der Waals surface area contributed by atoms with Crippen LogP contribution >= 0.6 is 11.3 Å². The fourth-order valence-electron chi connectivity index (χ4n) is 2.08. The van der Waals surface area contributed by atoms with E-state index in [1.807, 2.05) is 6.92 Å². The molecule has 0 bridgehead atoms. The molecule has 1 heterocycles. The van der Waals surface area contributed by atoms with E-state index in [1.165, 1.54) is 11.3 Å². The van der Waals surface area contributed by atoms with E-state index in [0.29, 0.717) is 4.88 Å². The lowest BCUT2D eigenvalue weighted by Gasteiger charge is -2.08. The van der Waals surface area contributed by atoms with Crippen molar-refractivity contribution < 1.29 is 17.2 Å². The first kappa shape index (κ1) is 19.3. The summed E-state index contributed by atoms with van der Waals surface area (Å²) in [5, 5.41) is 2.43. The predicted molar refractivity (Wildman–Crippen MR) is 95.5 cm³/mol. The monoisotopic (exact) mass is 388 g/mol. The molecule has 25 heavy (non-hydrogen) atoms.